The molecule has 2 N–H and O–H groups in total. The number of carbonyl (C=O) groups is 1. The molecule has 0 spiro atoms. The molecular formula is C12H12FNO2. The second-order valence-electron chi connectivity index (χ2n) is 3.87. The molecule has 0 aliphatic rings. The second-order valence-corrected chi connectivity index (χ2v) is 3.87. The van der Waals surface area contributed by atoms with E-state index in [1.807, 2.05) is 0 Å². The van der Waals surface area contributed by atoms with E-state index in [1.54, 1.807) is 25.1 Å². The Hall–Kier alpha value is -1.68. The number of carbonyl (C=O) groups excluding carboxylic acids is 1. The molecule has 0 aliphatic carbocycles. The van der Waals surface area contributed by atoms with Crippen molar-refractivity contribution >= 4 is 16.8 Å². The zero-order valence-electron chi connectivity index (χ0n) is 8.87. The summed E-state index contributed by atoms with van der Waals surface area (Å²) in [6, 6.07) is 5.89. The minimum absolute atomic E-state index is 0.121. The summed E-state index contributed by atoms with van der Waals surface area (Å²) < 4.78 is 18.5. The Kier molecular flexibility index (Phi) is 2.75. The largest absolute Gasteiger partial charge is 0.450 e. The van der Waals surface area contributed by atoms with E-state index in [1.165, 1.54) is 6.07 Å². The van der Waals surface area contributed by atoms with Crippen molar-refractivity contribution in [2.24, 2.45) is 5.73 Å². The Morgan fingerprint density at radius 3 is 2.94 bits per heavy atom. The maximum atomic E-state index is 13.3. The lowest BCUT2D eigenvalue weighted by Gasteiger charge is -2.00. The van der Waals surface area contributed by atoms with E-state index in [4.69, 9.17) is 10.2 Å². The molecule has 2 aromatic rings. The van der Waals surface area contributed by atoms with Crippen LogP contribution >= 0.6 is 0 Å². The molecule has 1 unspecified atom stereocenters. The van der Waals surface area contributed by atoms with Crippen LogP contribution in [-0.2, 0) is 0 Å². The lowest BCUT2D eigenvalue weighted by molar-refractivity contribution is 0.0951. The molecular weight excluding hydrogens is 209 g/mol. The number of halogens is 1. The van der Waals surface area contributed by atoms with Crippen LogP contribution in [0.1, 0.15) is 23.9 Å². The summed E-state index contributed by atoms with van der Waals surface area (Å²) >= 11 is 0. The van der Waals surface area contributed by atoms with Crippen molar-refractivity contribution in [2.75, 3.05) is 0 Å². The first-order valence-electron chi connectivity index (χ1n) is 5.05. The highest BCUT2D eigenvalue weighted by atomic mass is 19.1. The van der Waals surface area contributed by atoms with Gasteiger partial charge in [-0.2, -0.15) is 0 Å². The molecule has 1 atom stereocenters. The van der Waals surface area contributed by atoms with Gasteiger partial charge in [-0.3, -0.25) is 4.79 Å². The third-order valence-corrected chi connectivity index (χ3v) is 2.28. The second kappa shape index (κ2) is 4.06. The molecule has 0 amide bonds. The van der Waals surface area contributed by atoms with Crippen LogP contribution in [0.25, 0.3) is 11.0 Å². The molecule has 4 heteroatoms. The Balaban J connectivity index is 2.40. The smallest absolute Gasteiger partial charge is 0.199 e. The molecule has 0 aliphatic heterocycles. The maximum Gasteiger partial charge on any atom is 0.199 e. The minimum atomic E-state index is -0.461. The van der Waals surface area contributed by atoms with E-state index in [2.05, 4.69) is 0 Å². The van der Waals surface area contributed by atoms with Gasteiger partial charge in [0.2, 0.25) is 0 Å². The monoisotopic (exact) mass is 221 g/mol. The SMILES string of the molecule is CC(N)CC(=O)c1cc2cccc(F)c2o1. The van der Waals surface area contributed by atoms with Crippen LogP contribution in [0.5, 0.6) is 0 Å². The lowest BCUT2D eigenvalue weighted by Crippen LogP contribution is -2.19. The van der Waals surface area contributed by atoms with Crippen molar-refractivity contribution in [2.45, 2.75) is 19.4 Å². The van der Waals surface area contributed by atoms with Gasteiger partial charge in [-0.05, 0) is 19.1 Å². The van der Waals surface area contributed by atoms with Gasteiger partial charge in [-0.1, -0.05) is 12.1 Å². The predicted molar refractivity (Wildman–Crippen MR) is 58.8 cm³/mol. The lowest BCUT2D eigenvalue weighted by atomic mass is 10.1. The van der Waals surface area contributed by atoms with Gasteiger partial charge in [0, 0.05) is 17.8 Å². The number of fused-ring (bicyclic) bond motifs is 1. The molecule has 1 aromatic heterocycles. The van der Waals surface area contributed by atoms with Gasteiger partial charge in [0.05, 0.1) is 0 Å². The van der Waals surface area contributed by atoms with Gasteiger partial charge in [-0.15, -0.1) is 0 Å². The first-order chi connectivity index (χ1) is 7.58. The summed E-state index contributed by atoms with van der Waals surface area (Å²) in [7, 11) is 0. The number of rotatable bonds is 3. The van der Waals surface area contributed by atoms with Crippen LogP contribution < -0.4 is 5.73 Å². The van der Waals surface area contributed by atoms with Crippen LogP contribution in [0.4, 0.5) is 4.39 Å². The zero-order valence-corrected chi connectivity index (χ0v) is 8.87. The number of ketones is 1. The maximum absolute atomic E-state index is 13.3. The topological polar surface area (TPSA) is 56.2 Å². The van der Waals surface area contributed by atoms with E-state index in [9.17, 15) is 9.18 Å². The Morgan fingerprint density at radius 1 is 1.56 bits per heavy atom. The molecule has 3 nitrogen and oxygen atoms in total. The molecule has 0 radical (unpaired) electrons. The number of hydrogen-bond donors (Lipinski definition) is 1. The molecule has 16 heavy (non-hydrogen) atoms. The fourth-order valence-electron chi connectivity index (χ4n) is 1.56. The summed E-state index contributed by atoms with van der Waals surface area (Å²) in [5.41, 5.74) is 5.64. The predicted octanol–water partition coefficient (Wildman–Crippen LogP) is 2.49. The summed E-state index contributed by atoms with van der Waals surface area (Å²) in [5, 5.41) is 0.591. The third kappa shape index (κ3) is 1.97. The first kappa shape index (κ1) is 10.8. The number of nitrogens with two attached hydrogens (primary N) is 1. The Morgan fingerprint density at radius 2 is 2.31 bits per heavy atom. The molecule has 0 bridgehead atoms. The fourth-order valence-corrected chi connectivity index (χ4v) is 1.56. The van der Waals surface area contributed by atoms with Gasteiger partial charge in [0.25, 0.3) is 0 Å². The molecule has 0 fully saturated rings. The number of Topliss-reactive ketones (excluding diaryl/α,β-unsaturated/α-hetero) is 1. The molecule has 0 saturated heterocycles. The molecule has 2 rings (SSSR count). The Labute approximate surface area is 92.0 Å². The summed E-state index contributed by atoms with van der Waals surface area (Å²) in [4.78, 5) is 11.6. The van der Waals surface area contributed by atoms with Crippen LogP contribution in [0, 0.1) is 5.82 Å². The standard InChI is InChI=1S/C12H12FNO2/c1-7(14)5-10(15)11-6-8-3-2-4-9(13)12(8)16-11/h2-4,6-7H,5,14H2,1H3. The van der Waals surface area contributed by atoms with E-state index in [0.717, 1.165) is 0 Å². The summed E-state index contributed by atoms with van der Waals surface area (Å²) in [6.45, 7) is 1.74. The number of furan rings is 1. The molecule has 0 saturated carbocycles. The normalized spacial score (nSPS) is 12.9. The average molecular weight is 221 g/mol. The van der Waals surface area contributed by atoms with Crippen LogP contribution in [-0.4, -0.2) is 11.8 Å². The van der Waals surface area contributed by atoms with Gasteiger partial charge < -0.3 is 10.2 Å². The fraction of sp³-hybridized carbons (Fsp3) is 0.250. The average Bonchev–Trinajstić information content (AvgIpc) is 2.61. The quantitative estimate of drug-likeness (QED) is 0.810. The van der Waals surface area contributed by atoms with Crippen molar-refractivity contribution in [1.82, 2.24) is 0 Å². The summed E-state index contributed by atoms with van der Waals surface area (Å²) in [5.74, 6) is -0.500. The zero-order chi connectivity index (χ0) is 11.7. The van der Waals surface area contributed by atoms with Crippen molar-refractivity contribution in [3.05, 3.63) is 35.8 Å². The van der Waals surface area contributed by atoms with Gasteiger partial charge in [0.15, 0.2) is 22.9 Å². The minimum Gasteiger partial charge on any atom is -0.450 e. The molecule has 1 aromatic carbocycles. The van der Waals surface area contributed by atoms with E-state index in [0.29, 0.717) is 5.39 Å². The highest BCUT2D eigenvalue weighted by Gasteiger charge is 2.15. The van der Waals surface area contributed by atoms with Crippen LogP contribution in [0.15, 0.2) is 28.7 Å². The van der Waals surface area contributed by atoms with Gasteiger partial charge >= 0.3 is 0 Å². The number of hydrogen-bond acceptors (Lipinski definition) is 3. The van der Waals surface area contributed by atoms with E-state index >= 15 is 0 Å². The molecule has 84 valence electrons. The number of para-hydroxylation sites is 1. The van der Waals surface area contributed by atoms with Crippen molar-refractivity contribution in [3.8, 4) is 0 Å². The van der Waals surface area contributed by atoms with Crippen LogP contribution in [0.3, 0.4) is 0 Å². The van der Waals surface area contributed by atoms with E-state index < -0.39 is 5.82 Å². The highest BCUT2D eigenvalue weighted by Crippen LogP contribution is 2.22. The summed E-state index contributed by atoms with van der Waals surface area (Å²) in [6.07, 6.45) is 0.196. The highest BCUT2D eigenvalue weighted by molar-refractivity contribution is 5.97. The van der Waals surface area contributed by atoms with E-state index in [-0.39, 0.29) is 29.6 Å². The van der Waals surface area contributed by atoms with Crippen molar-refractivity contribution in [3.63, 3.8) is 0 Å². The molecule has 1 heterocycles. The van der Waals surface area contributed by atoms with Gasteiger partial charge in [0.1, 0.15) is 0 Å². The van der Waals surface area contributed by atoms with Gasteiger partial charge in [-0.25, -0.2) is 4.39 Å². The Bertz CT molecular complexity index is 531. The van der Waals surface area contributed by atoms with Crippen LogP contribution in [0.2, 0.25) is 0 Å². The first-order valence-corrected chi connectivity index (χ1v) is 5.05. The number of benzene rings is 1. The third-order valence-electron chi connectivity index (χ3n) is 2.28. The van der Waals surface area contributed by atoms with Crippen molar-refractivity contribution in [1.29, 1.82) is 0 Å². The van der Waals surface area contributed by atoms with Crippen molar-refractivity contribution < 1.29 is 13.6 Å².